The average molecular weight is 285 g/mol. The van der Waals surface area contributed by atoms with Crippen molar-refractivity contribution in [2.75, 3.05) is 6.26 Å². The van der Waals surface area contributed by atoms with Gasteiger partial charge in [0.05, 0.1) is 5.56 Å². The van der Waals surface area contributed by atoms with E-state index < -0.39 is 11.7 Å². The Balaban J connectivity index is 3.17. The Morgan fingerprint density at radius 1 is 1.29 bits per heavy atom. The number of hydrogen-bond donors (Lipinski definition) is 0. The summed E-state index contributed by atoms with van der Waals surface area (Å²) in [4.78, 5) is 0.634. The molecule has 0 amide bonds. The molecule has 0 saturated carbocycles. The third-order valence-electron chi connectivity index (χ3n) is 1.68. The molecule has 0 atom stereocenters. The van der Waals surface area contributed by atoms with Crippen molar-refractivity contribution in [1.82, 2.24) is 0 Å². The maximum Gasteiger partial charge on any atom is 0.416 e. The number of hydrogen-bond acceptors (Lipinski definition) is 1. The molecular weight excluding hydrogens is 277 g/mol. The van der Waals surface area contributed by atoms with Gasteiger partial charge in [0.15, 0.2) is 0 Å². The smallest absolute Gasteiger partial charge is 0.166 e. The maximum atomic E-state index is 12.4. The summed E-state index contributed by atoms with van der Waals surface area (Å²) in [5, 5.41) is 0.435. The molecule has 0 radical (unpaired) electrons. The Morgan fingerprint density at radius 3 is 2.36 bits per heavy atom. The SMILES string of the molecule is CSc1cc(CBr)cc(C(F)(F)F)c1. The molecule has 0 nitrogen and oxygen atoms in total. The van der Waals surface area contributed by atoms with Crippen molar-refractivity contribution < 1.29 is 13.2 Å². The van der Waals surface area contributed by atoms with Crippen LogP contribution in [-0.2, 0) is 11.5 Å². The molecule has 0 spiro atoms. The van der Waals surface area contributed by atoms with E-state index in [1.165, 1.54) is 11.8 Å². The van der Waals surface area contributed by atoms with E-state index in [2.05, 4.69) is 15.9 Å². The van der Waals surface area contributed by atoms with Crippen molar-refractivity contribution in [2.45, 2.75) is 16.4 Å². The average Bonchev–Trinajstić information content (AvgIpc) is 2.15. The molecule has 0 heterocycles. The van der Waals surface area contributed by atoms with Gasteiger partial charge in [0, 0.05) is 10.2 Å². The van der Waals surface area contributed by atoms with E-state index in [0.29, 0.717) is 15.8 Å². The van der Waals surface area contributed by atoms with E-state index in [-0.39, 0.29) is 0 Å². The highest BCUT2D eigenvalue weighted by Gasteiger charge is 2.30. The normalized spacial score (nSPS) is 11.8. The Labute approximate surface area is 93.0 Å². The molecule has 0 bridgehead atoms. The molecule has 0 aliphatic rings. The van der Waals surface area contributed by atoms with Gasteiger partial charge in [0.2, 0.25) is 0 Å². The zero-order valence-corrected chi connectivity index (χ0v) is 9.76. The van der Waals surface area contributed by atoms with Crippen molar-refractivity contribution >= 4 is 27.7 Å². The van der Waals surface area contributed by atoms with E-state index in [1.807, 2.05) is 0 Å². The molecule has 0 unspecified atom stereocenters. The summed E-state index contributed by atoms with van der Waals surface area (Å²) in [6, 6.07) is 4.07. The van der Waals surface area contributed by atoms with Crippen LogP contribution < -0.4 is 0 Å². The fraction of sp³-hybridized carbons (Fsp3) is 0.333. The summed E-state index contributed by atoms with van der Waals surface area (Å²) in [6.07, 6.45) is -2.50. The van der Waals surface area contributed by atoms with Crippen LogP contribution in [0.2, 0.25) is 0 Å². The molecule has 0 aromatic heterocycles. The third kappa shape index (κ3) is 2.92. The summed E-state index contributed by atoms with van der Waals surface area (Å²) < 4.78 is 37.2. The van der Waals surface area contributed by atoms with Gasteiger partial charge in [-0.25, -0.2) is 0 Å². The van der Waals surface area contributed by atoms with E-state index in [9.17, 15) is 13.2 Å². The molecule has 14 heavy (non-hydrogen) atoms. The van der Waals surface area contributed by atoms with Crippen LogP contribution in [0.3, 0.4) is 0 Å². The van der Waals surface area contributed by atoms with Crippen molar-refractivity contribution in [2.24, 2.45) is 0 Å². The molecular formula is C9H8BrF3S. The van der Waals surface area contributed by atoms with Crippen molar-refractivity contribution in [3.05, 3.63) is 29.3 Å². The first kappa shape index (κ1) is 11.9. The van der Waals surface area contributed by atoms with Crippen molar-refractivity contribution in [3.8, 4) is 0 Å². The van der Waals surface area contributed by atoms with Gasteiger partial charge in [-0.1, -0.05) is 15.9 Å². The third-order valence-corrected chi connectivity index (χ3v) is 3.04. The topological polar surface area (TPSA) is 0 Å². The van der Waals surface area contributed by atoms with Gasteiger partial charge in [0.1, 0.15) is 0 Å². The van der Waals surface area contributed by atoms with Crippen LogP contribution >= 0.6 is 27.7 Å². The highest BCUT2D eigenvalue weighted by molar-refractivity contribution is 9.08. The molecule has 0 fully saturated rings. The lowest BCUT2D eigenvalue weighted by atomic mass is 10.1. The van der Waals surface area contributed by atoms with Crippen molar-refractivity contribution in [1.29, 1.82) is 0 Å². The number of alkyl halides is 4. The zero-order valence-electron chi connectivity index (χ0n) is 7.36. The van der Waals surface area contributed by atoms with Crippen LogP contribution in [0.1, 0.15) is 11.1 Å². The highest BCUT2D eigenvalue weighted by atomic mass is 79.9. The first-order valence-corrected chi connectivity index (χ1v) is 6.13. The van der Waals surface area contributed by atoms with Crippen LogP contribution in [-0.4, -0.2) is 6.26 Å². The van der Waals surface area contributed by atoms with E-state index in [1.54, 1.807) is 12.3 Å². The fourth-order valence-electron chi connectivity index (χ4n) is 1.02. The molecule has 0 saturated heterocycles. The van der Waals surface area contributed by atoms with Gasteiger partial charge in [-0.15, -0.1) is 11.8 Å². The first-order valence-electron chi connectivity index (χ1n) is 3.78. The van der Waals surface area contributed by atoms with Crippen LogP contribution in [0.15, 0.2) is 23.1 Å². The lowest BCUT2D eigenvalue weighted by Crippen LogP contribution is -2.05. The van der Waals surface area contributed by atoms with Gasteiger partial charge in [-0.05, 0) is 30.0 Å². The van der Waals surface area contributed by atoms with Gasteiger partial charge >= 0.3 is 6.18 Å². The van der Waals surface area contributed by atoms with Gasteiger partial charge in [-0.3, -0.25) is 0 Å². The summed E-state index contributed by atoms with van der Waals surface area (Å²) >= 11 is 4.45. The predicted octanol–water partition coefficient (Wildman–Crippen LogP) is 4.32. The monoisotopic (exact) mass is 284 g/mol. The van der Waals surface area contributed by atoms with Crippen LogP contribution in [0.5, 0.6) is 0 Å². The largest absolute Gasteiger partial charge is 0.416 e. The Hall–Kier alpha value is -0.160. The molecule has 78 valence electrons. The van der Waals surface area contributed by atoms with Crippen LogP contribution in [0.25, 0.3) is 0 Å². The first-order chi connectivity index (χ1) is 6.47. The van der Waals surface area contributed by atoms with Gasteiger partial charge in [-0.2, -0.15) is 13.2 Å². The second kappa shape index (κ2) is 4.57. The van der Waals surface area contributed by atoms with Crippen LogP contribution in [0, 0.1) is 0 Å². The number of rotatable bonds is 2. The minimum Gasteiger partial charge on any atom is -0.166 e. The Bertz CT molecular complexity index is 300. The number of benzene rings is 1. The molecule has 1 rings (SSSR count). The minimum absolute atomic E-state index is 0.435. The Morgan fingerprint density at radius 2 is 1.93 bits per heavy atom. The summed E-state index contributed by atoms with van der Waals surface area (Å²) in [5.74, 6) is 0. The summed E-state index contributed by atoms with van der Waals surface area (Å²) in [5.41, 5.74) is 0.0583. The standard InChI is InChI=1S/C9H8BrF3S/c1-14-8-3-6(5-10)2-7(4-8)9(11,12)13/h2-4H,5H2,1H3. The number of thioether (sulfide) groups is 1. The predicted molar refractivity (Wildman–Crippen MR) is 55.9 cm³/mol. The lowest BCUT2D eigenvalue weighted by molar-refractivity contribution is -0.137. The lowest BCUT2D eigenvalue weighted by Gasteiger charge is -2.09. The molecule has 1 aromatic carbocycles. The van der Waals surface area contributed by atoms with E-state index in [0.717, 1.165) is 12.1 Å². The minimum atomic E-state index is -4.26. The molecule has 0 N–H and O–H groups in total. The van der Waals surface area contributed by atoms with E-state index in [4.69, 9.17) is 0 Å². The Kier molecular flexibility index (Phi) is 3.89. The zero-order chi connectivity index (χ0) is 10.8. The fourth-order valence-corrected chi connectivity index (χ4v) is 1.86. The highest BCUT2D eigenvalue weighted by Crippen LogP contribution is 2.33. The second-order valence-corrected chi connectivity index (χ2v) is 4.14. The van der Waals surface area contributed by atoms with Gasteiger partial charge in [0.25, 0.3) is 0 Å². The van der Waals surface area contributed by atoms with Crippen LogP contribution in [0.4, 0.5) is 13.2 Å². The molecule has 5 heteroatoms. The van der Waals surface area contributed by atoms with Gasteiger partial charge < -0.3 is 0 Å². The second-order valence-electron chi connectivity index (χ2n) is 2.70. The molecule has 1 aromatic rings. The molecule has 0 aliphatic carbocycles. The number of halogens is 4. The quantitative estimate of drug-likeness (QED) is 0.576. The van der Waals surface area contributed by atoms with E-state index >= 15 is 0 Å². The van der Waals surface area contributed by atoms with Crippen molar-refractivity contribution in [3.63, 3.8) is 0 Å². The summed E-state index contributed by atoms with van der Waals surface area (Å²) in [7, 11) is 0. The summed E-state index contributed by atoms with van der Waals surface area (Å²) in [6.45, 7) is 0. The maximum absolute atomic E-state index is 12.4. The molecule has 0 aliphatic heterocycles.